The number of hydrogen-bond donors (Lipinski definition) is 1. The van der Waals surface area contributed by atoms with Crippen molar-refractivity contribution < 1.29 is 13.2 Å². The number of piperidine rings is 1. The fourth-order valence-corrected chi connectivity index (χ4v) is 6.55. The van der Waals surface area contributed by atoms with E-state index in [4.69, 9.17) is 0 Å². The standard InChI is InChI=1S/C21H28F3N5S/c1-14(15-2-5-25-6-3-15)29-11-20(12-29)4-7-28(10-20)18-17-8-16(9-21(22,23)24)30-19(17)27-13-26-18/h8,13-15,25H,2-7,9-12H2,1H3. The molecule has 1 unspecified atom stereocenters. The van der Waals surface area contributed by atoms with Gasteiger partial charge in [-0.25, -0.2) is 9.97 Å². The van der Waals surface area contributed by atoms with Crippen LogP contribution >= 0.6 is 11.3 Å². The molecule has 3 saturated heterocycles. The van der Waals surface area contributed by atoms with Crippen LogP contribution in [0.5, 0.6) is 0 Å². The third-order valence-corrected chi connectivity index (χ3v) is 8.23. The van der Waals surface area contributed by atoms with Crippen LogP contribution in [0.2, 0.25) is 0 Å². The molecule has 0 aliphatic carbocycles. The van der Waals surface area contributed by atoms with Crippen molar-refractivity contribution in [2.45, 2.75) is 44.8 Å². The number of hydrogen-bond acceptors (Lipinski definition) is 6. The molecule has 2 aromatic rings. The normalized spacial score (nSPS) is 23.9. The van der Waals surface area contributed by atoms with E-state index < -0.39 is 12.6 Å². The second kappa shape index (κ2) is 7.60. The Balaban J connectivity index is 1.27. The molecule has 164 valence electrons. The van der Waals surface area contributed by atoms with E-state index in [1.807, 2.05) is 0 Å². The quantitative estimate of drug-likeness (QED) is 0.787. The first-order valence-electron chi connectivity index (χ1n) is 10.8. The topological polar surface area (TPSA) is 44.3 Å². The van der Waals surface area contributed by atoms with E-state index in [9.17, 15) is 13.2 Å². The number of anilines is 1. The van der Waals surface area contributed by atoms with Crippen molar-refractivity contribution in [3.63, 3.8) is 0 Å². The highest BCUT2D eigenvalue weighted by Gasteiger charge is 2.50. The lowest BCUT2D eigenvalue weighted by Gasteiger charge is -2.53. The molecule has 0 saturated carbocycles. The summed E-state index contributed by atoms with van der Waals surface area (Å²) in [6, 6.07) is 2.26. The molecule has 9 heteroatoms. The average Bonchev–Trinajstić information content (AvgIpc) is 3.29. The summed E-state index contributed by atoms with van der Waals surface area (Å²) in [4.78, 5) is 14.5. The number of aromatic nitrogens is 2. The number of alkyl halides is 3. The van der Waals surface area contributed by atoms with Gasteiger partial charge in [0.15, 0.2) is 0 Å². The molecule has 1 atom stereocenters. The van der Waals surface area contributed by atoms with Crippen LogP contribution in [-0.4, -0.2) is 66.4 Å². The zero-order valence-electron chi connectivity index (χ0n) is 17.2. The summed E-state index contributed by atoms with van der Waals surface area (Å²) in [7, 11) is 0. The number of rotatable bonds is 4. The third kappa shape index (κ3) is 3.91. The van der Waals surface area contributed by atoms with Crippen LogP contribution in [0.1, 0.15) is 31.1 Å². The molecule has 3 aliphatic rings. The van der Waals surface area contributed by atoms with Gasteiger partial charge >= 0.3 is 6.18 Å². The van der Waals surface area contributed by atoms with Crippen molar-refractivity contribution >= 4 is 27.4 Å². The van der Waals surface area contributed by atoms with Gasteiger partial charge in [-0.15, -0.1) is 11.3 Å². The van der Waals surface area contributed by atoms with Crippen molar-refractivity contribution in [2.75, 3.05) is 44.2 Å². The van der Waals surface area contributed by atoms with Gasteiger partial charge in [-0.3, -0.25) is 4.90 Å². The van der Waals surface area contributed by atoms with E-state index in [2.05, 4.69) is 32.0 Å². The maximum absolute atomic E-state index is 12.8. The van der Waals surface area contributed by atoms with Crippen LogP contribution in [0.25, 0.3) is 10.2 Å². The van der Waals surface area contributed by atoms with Gasteiger partial charge in [-0.1, -0.05) is 0 Å². The van der Waals surface area contributed by atoms with Crippen LogP contribution < -0.4 is 10.2 Å². The monoisotopic (exact) mass is 439 g/mol. The lowest BCUT2D eigenvalue weighted by Crippen LogP contribution is -2.62. The number of likely N-dealkylation sites (tertiary alicyclic amines) is 1. The summed E-state index contributed by atoms with van der Waals surface area (Å²) in [5, 5.41) is 4.21. The highest BCUT2D eigenvalue weighted by molar-refractivity contribution is 7.18. The Morgan fingerprint density at radius 2 is 2.00 bits per heavy atom. The first-order valence-corrected chi connectivity index (χ1v) is 11.6. The van der Waals surface area contributed by atoms with E-state index in [0.717, 1.165) is 74.1 Å². The third-order valence-electron chi connectivity index (χ3n) is 7.19. The molecular weight excluding hydrogens is 411 g/mol. The van der Waals surface area contributed by atoms with Gasteiger partial charge in [0.1, 0.15) is 17.0 Å². The first kappa shape index (κ1) is 20.5. The SMILES string of the molecule is CC(C1CCNCC1)N1CC2(CCN(c3ncnc4sc(CC(F)(F)F)cc34)C2)C1. The molecule has 5 rings (SSSR count). The number of nitrogens with one attached hydrogen (secondary N) is 1. The second-order valence-electron chi connectivity index (χ2n) is 9.33. The Hall–Kier alpha value is -1.45. The summed E-state index contributed by atoms with van der Waals surface area (Å²) in [5.74, 6) is 1.58. The Bertz CT molecular complexity index is 902. The Morgan fingerprint density at radius 1 is 1.23 bits per heavy atom. The molecule has 0 radical (unpaired) electrons. The number of nitrogens with zero attached hydrogens (tertiary/aromatic N) is 4. The summed E-state index contributed by atoms with van der Waals surface area (Å²) >= 11 is 1.13. The molecule has 30 heavy (non-hydrogen) atoms. The van der Waals surface area contributed by atoms with E-state index in [1.54, 1.807) is 6.07 Å². The zero-order valence-corrected chi connectivity index (χ0v) is 18.0. The van der Waals surface area contributed by atoms with Gasteiger partial charge in [0, 0.05) is 42.5 Å². The molecule has 1 N–H and O–H groups in total. The molecule has 5 heterocycles. The zero-order chi connectivity index (χ0) is 20.9. The van der Waals surface area contributed by atoms with Gasteiger partial charge in [-0.2, -0.15) is 13.2 Å². The molecular formula is C21H28F3N5S. The van der Waals surface area contributed by atoms with Crippen LogP contribution in [-0.2, 0) is 6.42 Å². The molecule has 2 aromatic heterocycles. The van der Waals surface area contributed by atoms with Crippen molar-refractivity contribution in [1.82, 2.24) is 20.2 Å². The van der Waals surface area contributed by atoms with Crippen molar-refractivity contribution in [3.8, 4) is 0 Å². The average molecular weight is 440 g/mol. The summed E-state index contributed by atoms with van der Waals surface area (Å²) < 4.78 is 38.4. The lowest BCUT2D eigenvalue weighted by molar-refractivity contribution is -0.126. The Kier molecular flexibility index (Phi) is 5.18. The summed E-state index contributed by atoms with van der Waals surface area (Å²) in [6.07, 6.45) is 0.0200. The van der Waals surface area contributed by atoms with Crippen molar-refractivity contribution in [3.05, 3.63) is 17.3 Å². The molecule has 3 aliphatic heterocycles. The molecule has 0 amide bonds. The number of halogens is 3. The highest BCUT2D eigenvalue weighted by atomic mass is 32.1. The van der Waals surface area contributed by atoms with Crippen LogP contribution in [0, 0.1) is 11.3 Å². The predicted octanol–water partition coefficient (Wildman–Crippen LogP) is 3.70. The van der Waals surface area contributed by atoms with E-state index in [-0.39, 0.29) is 0 Å². The lowest BCUT2D eigenvalue weighted by atomic mass is 9.76. The number of fused-ring (bicyclic) bond motifs is 1. The highest BCUT2D eigenvalue weighted by Crippen LogP contribution is 2.44. The second-order valence-corrected chi connectivity index (χ2v) is 10.4. The predicted molar refractivity (Wildman–Crippen MR) is 113 cm³/mol. The molecule has 3 fully saturated rings. The van der Waals surface area contributed by atoms with E-state index in [0.29, 0.717) is 21.2 Å². The van der Waals surface area contributed by atoms with Gasteiger partial charge in [0.25, 0.3) is 0 Å². The maximum Gasteiger partial charge on any atom is 0.393 e. The van der Waals surface area contributed by atoms with Crippen molar-refractivity contribution in [2.24, 2.45) is 11.3 Å². The minimum Gasteiger partial charge on any atom is -0.355 e. The van der Waals surface area contributed by atoms with Gasteiger partial charge in [0.05, 0.1) is 11.8 Å². The van der Waals surface area contributed by atoms with Crippen molar-refractivity contribution in [1.29, 1.82) is 0 Å². The van der Waals surface area contributed by atoms with Crippen LogP contribution in [0.3, 0.4) is 0 Å². The molecule has 0 bridgehead atoms. The fraction of sp³-hybridized carbons (Fsp3) is 0.714. The Labute approximate surface area is 178 Å². The molecule has 0 aromatic carbocycles. The van der Waals surface area contributed by atoms with Gasteiger partial charge in [0.2, 0.25) is 0 Å². The maximum atomic E-state index is 12.8. The summed E-state index contributed by atoms with van der Waals surface area (Å²) in [6.45, 7) is 8.70. The van der Waals surface area contributed by atoms with Gasteiger partial charge in [-0.05, 0) is 51.3 Å². The largest absolute Gasteiger partial charge is 0.393 e. The Morgan fingerprint density at radius 3 is 2.73 bits per heavy atom. The summed E-state index contributed by atoms with van der Waals surface area (Å²) in [5.41, 5.74) is 0.295. The first-order chi connectivity index (χ1) is 14.3. The molecule has 5 nitrogen and oxygen atoms in total. The fourth-order valence-electron chi connectivity index (χ4n) is 5.53. The smallest absolute Gasteiger partial charge is 0.355 e. The number of thiophene rings is 1. The minimum atomic E-state index is -4.20. The van der Waals surface area contributed by atoms with E-state index >= 15 is 0 Å². The van der Waals surface area contributed by atoms with Crippen LogP contribution in [0.4, 0.5) is 19.0 Å². The molecule has 1 spiro atoms. The minimum absolute atomic E-state index is 0.295. The van der Waals surface area contributed by atoms with E-state index in [1.165, 1.54) is 19.2 Å². The van der Waals surface area contributed by atoms with Gasteiger partial charge < -0.3 is 10.2 Å². The van der Waals surface area contributed by atoms with Crippen LogP contribution in [0.15, 0.2) is 12.4 Å².